The summed E-state index contributed by atoms with van der Waals surface area (Å²) in [5, 5.41) is 15.1. The van der Waals surface area contributed by atoms with E-state index in [4.69, 9.17) is 0 Å². The summed E-state index contributed by atoms with van der Waals surface area (Å²) in [5.41, 5.74) is 0.729. The summed E-state index contributed by atoms with van der Waals surface area (Å²) in [6.45, 7) is 0.900. The van der Waals surface area contributed by atoms with E-state index < -0.39 is 5.60 Å². The van der Waals surface area contributed by atoms with Crippen molar-refractivity contribution in [2.45, 2.75) is 81.8 Å². The van der Waals surface area contributed by atoms with Crippen LogP contribution < -0.4 is 5.32 Å². The van der Waals surface area contributed by atoms with E-state index in [2.05, 4.69) is 45.5 Å². The highest BCUT2D eigenvalue weighted by molar-refractivity contribution is 9.10. The standard InChI is InChI=1S/C20H30BrNO.ClH/c21-17-9-7-8-16(14-17)19(20(23)12-5-2-6-13-20)15-22-18-10-3-1-4-11-18;/h7-9,14,18-19,22-23H,1-6,10-13,15H2;1H. The van der Waals surface area contributed by atoms with Gasteiger partial charge in [-0.05, 0) is 43.4 Å². The van der Waals surface area contributed by atoms with Gasteiger partial charge in [0.2, 0.25) is 0 Å². The molecule has 3 rings (SSSR count). The van der Waals surface area contributed by atoms with Crippen molar-refractivity contribution in [1.29, 1.82) is 0 Å². The molecule has 2 N–H and O–H groups in total. The molecule has 1 atom stereocenters. The number of hydrogen-bond donors (Lipinski definition) is 2. The van der Waals surface area contributed by atoms with E-state index in [9.17, 15) is 5.11 Å². The molecule has 2 nitrogen and oxygen atoms in total. The van der Waals surface area contributed by atoms with E-state index in [1.54, 1.807) is 0 Å². The molecule has 0 radical (unpaired) electrons. The van der Waals surface area contributed by atoms with E-state index in [1.807, 2.05) is 0 Å². The topological polar surface area (TPSA) is 32.3 Å². The molecule has 0 saturated heterocycles. The number of rotatable bonds is 5. The van der Waals surface area contributed by atoms with Crippen LogP contribution in [0.25, 0.3) is 0 Å². The average Bonchev–Trinajstić information content (AvgIpc) is 2.56. The molecule has 0 aliphatic heterocycles. The van der Waals surface area contributed by atoms with Gasteiger partial charge in [-0.3, -0.25) is 0 Å². The van der Waals surface area contributed by atoms with Crippen molar-refractivity contribution < 1.29 is 5.11 Å². The molecule has 2 aliphatic rings. The first kappa shape index (κ1) is 20.2. The quantitative estimate of drug-likeness (QED) is 0.657. The number of hydrogen-bond acceptors (Lipinski definition) is 2. The van der Waals surface area contributed by atoms with Gasteiger partial charge in [0.05, 0.1) is 5.60 Å². The smallest absolute Gasteiger partial charge is 0.0728 e. The molecule has 2 fully saturated rings. The van der Waals surface area contributed by atoms with Gasteiger partial charge < -0.3 is 10.4 Å². The van der Waals surface area contributed by atoms with Crippen molar-refractivity contribution in [3.63, 3.8) is 0 Å². The first-order valence-electron chi connectivity index (χ1n) is 9.39. The molecular weight excluding hydrogens is 386 g/mol. The number of aliphatic hydroxyl groups is 1. The fourth-order valence-electron chi connectivity index (χ4n) is 4.45. The Bertz CT molecular complexity index is 498. The van der Waals surface area contributed by atoms with E-state index in [0.717, 1.165) is 36.7 Å². The molecule has 24 heavy (non-hydrogen) atoms. The second-order valence-corrected chi connectivity index (χ2v) is 8.43. The van der Waals surface area contributed by atoms with E-state index in [0.29, 0.717) is 6.04 Å². The van der Waals surface area contributed by atoms with Gasteiger partial charge in [0.15, 0.2) is 0 Å². The van der Waals surface area contributed by atoms with Crippen molar-refractivity contribution in [1.82, 2.24) is 5.32 Å². The average molecular weight is 417 g/mol. The fourth-order valence-corrected chi connectivity index (χ4v) is 4.86. The number of nitrogens with one attached hydrogen (secondary N) is 1. The Kier molecular flexibility index (Phi) is 8.06. The van der Waals surface area contributed by atoms with Crippen molar-refractivity contribution in [2.75, 3.05) is 6.54 Å². The Balaban J connectivity index is 0.00000208. The summed E-state index contributed by atoms with van der Waals surface area (Å²) >= 11 is 3.60. The second-order valence-electron chi connectivity index (χ2n) is 7.52. The summed E-state index contributed by atoms with van der Waals surface area (Å²) in [6.07, 6.45) is 12.1. The zero-order chi connectivity index (χ0) is 16.1. The maximum Gasteiger partial charge on any atom is 0.0728 e. The van der Waals surface area contributed by atoms with Gasteiger partial charge in [0.25, 0.3) is 0 Å². The number of benzene rings is 1. The molecule has 4 heteroatoms. The van der Waals surface area contributed by atoms with Gasteiger partial charge in [-0.1, -0.05) is 66.6 Å². The molecule has 0 spiro atoms. The first-order valence-corrected chi connectivity index (χ1v) is 10.2. The molecule has 2 saturated carbocycles. The molecular formula is C20H31BrClNO. The summed E-state index contributed by atoms with van der Waals surface area (Å²) in [4.78, 5) is 0. The normalized spacial score (nSPS) is 22.6. The van der Waals surface area contributed by atoms with Crippen LogP contribution in [0.2, 0.25) is 0 Å². The predicted octanol–water partition coefficient (Wildman–Crippen LogP) is 5.57. The minimum atomic E-state index is -0.541. The molecule has 0 aromatic heterocycles. The zero-order valence-corrected chi connectivity index (χ0v) is 16.9. The fraction of sp³-hybridized carbons (Fsp3) is 0.700. The zero-order valence-electron chi connectivity index (χ0n) is 14.5. The molecule has 0 heterocycles. The van der Waals surface area contributed by atoms with Crippen LogP contribution >= 0.6 is 28.3 Å². The number of halogens is 2. The molecule has 2 aliphatic carbocycles. The Morgan fingerprint density at radius 2 is 1.75 bits per heavy atom. The molecule has 0 amide bonds. The minimum Gasteiger partial charge on any atom is -0.389 e. The van der Waals surface area contributed by atoms with Gasteiger partial charge in [-0.25, -0.2) is 0 Å². The van der Waals surface area contributed by atoms with Crippen LogP contribution in [0.1, 0.15) is 75.7 Å². The van der Waals surface area contributed by atoms with Crippen LogP contribution in [0.4, 0.5) is 0 Å². The third-order valence-corrected chi connectivity index (χ3v) is 6.33. The van der Waals surface area contributed by atoms with E-state index >= 15 is 0 Å². The summed E-state index contributed by atoms with van der Waals surface area (Å²) in [5.74, 6) is 0.197. The van der Waals surface area contributed by atoms with Gasteiger partial charge in [-0.15, -0.1) is 12.4 Å². The van der Waals surface area contributed by atoms with Crippen LogP contribution in [0.3, 0.4) is 0 Å². The van der Waals surface area contributed by atoms with Crippen molar-refractivity contribution in [2.24, 2.45) is 0 Å². The highest BCUT2D eigenvalue weighted by atomic mass is 79.9. The van der Waals surface area contributed by atoms with Gasteiger partial charge in [-0.2, -0.15) is 0 Å². The molecule has 1 aromatic rings. The summed E-state index contributed by atoms with van der Waals surface area (Å²) < 4.78 is 1.11. The summed E-state index contributed by atoms with van der Waals surface area (Å²) in [7, 11) is 0. The lowest BCUT2D eigenvalue weighted by molar-refractivity contribution is -0.0223. The Morgan fingerprint density at radius 1 is 1.08 bits per heavy atom. The lowest BCUT2D eigenvalue weighted by Gasteiger charge is -2.40. The Morgan fingerprint density at radius 3 is 2.42 bits per heavy atom. The molecule has 136 valence electrons. The Labute approximate surface area is 161 Å². The molecule has 1 unspecified atom stereocenters. The Hall–Kier alpha value is -0.0900. The third-order valence-electron chi connectivity index (χ3n) is 5.83. The highest BCUT2D eigenvalue weighted by Gasteiger charge is 2.38. The van der Waals surface area contributed by atoms with Crippen molar-refractivity contribution in [3.8, 4) is 0 Å². The highest BCUT2D eigenvalue weighted by Crippen LogP contribution is 2.40. The van der Waals surface area contributed by atoms with Crippen LogP contribution in [0.5, 0.6) is 0 Å². The SMILES string of the molecule is Cl.OC1(C(CNC2CCCCC2)c2cccc(Br)c2)CCCCC1. The van der Waals surface area contributed by atoms with Crippen LogP contribution in [0.15, 0.2) is 28.7 Å². The van der Waals surface area contributed by atoms with E-state index in [1.165, 1.54) is 44.1 Å². The maximum atomic E-state index is 11.3. The van der Waals surface area contributed by atoms with Crippen molar-refractivity contribution >= 4 is 28.3 Å². The van der Waals surface area contributed by atoms with Crippen LogP contribution in [-0.4, -0.2) is 23.3 Å². The first-order chi connectivity index (χ1) is 11.2. The van der Waals surface area contributed by atoms with Gasteiger partial charge in [0, 0.05) is 23.0 Å². The van der Waals surface area contributed by atoms with Crippen molar-refractivity contribution in [3.05, 3.63) is 34.3 Å². The lowest BCUT2D eigenvalue weighted by atomic mass is 9.72. The van der Waals surface area contributed by atoms with Crippen LogP contribution in [-0.2, 0) is 0 Å². The third kappa shape index (κ3) is 5.20. The van der Waals surface area contributed by atoms with Crippen LogP contribution in [0, 0.1) is 0 Å². The maximum absolute atomic E-state index is 11.3. The monoisotopic (exact) mass is 415 g/mol. The second kappa shape index (κ2) is 9.56. The van der Waals surface area contributed by atoms with Gasteiger partial charge >= 0.3 is 0 Å². The minimum absolute atomic E-state index is 0. The van der Waals surface area contributed by atoms with Gasteiger partial charge in [0.1, 0.15) is 0 Å². The summed E-state index contributed by atoms with van der Waals surface area (Å²) in [6, 6.07) is 9.19. The molecule has 0 bridgehead atoms. The van der Waals surface area contributed by atoms with E-state index in [-0.39, 0.29) is 18.3 Å². The lowest BCUT2D eigenvalue weighted by Crippen LogP contribution is -2.45. The largest absolute Gasteiger partial charge is 0.389 e. The predicted molar refractivity (Wildman–Crippen MR) is 107 cm³/mol. The molecule has 1 aromatic carbocycles.